The number of hydrogen-bond donors (Lipinski definition) is 1. The summed E-state index contributed by atoms with van der Waals surface area (Å²) in [6.45, 7) is 0. The first kappa shape index (κ1) is 15.9. The van der Waals surface area contributed by atoms with Crippen molar-refractivity contribution in [3.05, 3.63) is 33.4 Å². The highest BCUT2D eigenvalue weighted by molar-refractivity contribution is 14.1. The number of nitrogens with zero attached hydrogens (tertiary/aromatic N) is 1. The predicted molar refractivity (Wildman–Crippen MR) is 76.4 cm³/mol. The largest absolute Gasteiger partial charge is 0.363 e. The van der Waals surface area contributed by atoms with Crippen LogP contribution in [0.1, 0.15) is 16.8 Å². The fourth-order valence-electron chi connectivity index (χ4n) is 1.63. The number of imide groups is 1. The highest BCUT2D eigenvalue weighted by Gasteiger charge is 2.48. The van der Waals surface area contributed by atoms with Gasteiger partial charge >= 0.3 is 5.97 Å². The van der Waals surface area contributed by atoms with Gasteiger partial charge in [-0.2, -0.15) is 8.42 Å². The number of rotatable bonds is 3. The van der Waals surface area contributed by atoms with E-state index in [1.54, 1.807) is 12.1 Å². The first-order valence-corrected chi connectivity index (χ1v) is 8.09. The van der Waals surface area contributed by atoms with Crippen molar-refractivity contribution in [2.45, 2.75) is 11.7 Å². The van der Waals surface area contributed by atoms with E-state index >= 15 is 0 Å². The van der Waals surface area contributed by atoms with Gasteiger partial charge in [0.15, 0.2) is 5.25 Å². The Balaban J connectivity index is 2.16. The molecule has 0 bridgehead atoms. The Hall–Kier alpha value is -1.53. The van der Waals surface area contributed by atoms with Gasteiger partial charge in [0.1, 0.15) is 0 Å². The molecule has 1 aliphatic rings. The van der Waals surface area contributed by atoms with Crippen LogP contribution in [0.4, 0.5) is 0 Å². The Labute approximate surface area is 132 Å². The van der Waals surface area contributed by atoms with Crippen molar-refractivity contribution in [2.75, 3.05) is 0 Å². The molecule has 0 radical (unpaired) electrons. The van der Waals surface area contributed by atoms with Crippen LogP contribution in [0.5, 0.6) is 0 Å². The number of benzene rings is 1. The number of carbonyl (C=O) groups is 3. The summed E-state index contributed by atoms with van der Waals surface area (Å²) >= 11 is 2.02. The molecule has 1 atom stereocenters. The third-order valence-corrected chi connectivity index (χ3v) is 4.48. The fourth-order valence-corrected chi connectivity index (χ4v) is 2.70. The maximum absolute atomic E-state index is 11.8. The zero-order chi connectivity index (χ0) is 15.8. The van der Waals surface area contributed by atoms with E-state index in [0.717, 1.165) is 3.57 Å². The lowest BCUT2D eigenvalue weighted by molar-refractivity contribution is -0.172. The lowest BCUT2D eigenvalue weighted by Crippen LogP contribution is -2.36. The van der Waals surface area contributed by atoms with Gasteiger partial charge in [-0.05, 0) is 46.9 Å². The molecule has 1 N–H and O–H groups in total. The smallest absolute Gasteiger partial charge is 0.325 e. The fraction of sp³-hybridized carbons (Fsp3) is 0.182. The topological polar surface area (TPSA) is 118 Å². The lowest BCUT2D eigenvalue weighted by Gasteiger charge is -2.13. The first-order valence-electron chi connectivity index (χ1n) is 5.51. The van der Waals surface area contributed by atoms with E-state index < -0.39 is 39.6 Å². The lowest BCUT2D eigenvalue weighted by atomic mass is 10.2. The summed E-state index contributed by atoms with van der Waals surface area (Å²) in [6, 6.07) is 6.09. The number of amides is 2. The summed E-state index contributed by atoms with van der Waals surface area (Å²) in [7, 11) is -4.73. The summed E-state index contributed by atoms with van der Waals surface area (Å²) in [6.07, 6.45) is -0.766. The van der Waals surface area contributed by atoms with Crippen LogP contribution in [0.3, 0.4) is 0 Å². The van der Waals surface area contributed by atoms with Gasteiger partial charge in [-0.25, -0.2) is 4.79 Å². The van der Waals surface area contributed by atoms with Gasteiger partial charge in [-0.15, -0.1) is 5.06 Å². The second-order valence-corrected chi connectivity index (χ2v) is 6.96. The Morgan fingerprint density at radius 2 is 1.86 bits per heavy atom. The van der Waals surface area contributed by atoms with Crippen molar-refractivity contribution in [1.29, 1.82) is 0 Å². The van der Waals surface area contributed by atoms with Crippen molar-refractivity contribution < 1.29 is 32.2 Å². The van der Waals surface area contributed by atoms with E-state index in [9.17, 15) is 22.8 Å². The Kier molecular flexibility index (Phi) is 4.30. The third kappa shape index (κ3) is 3.39. The quantitative estimate of drug-likeness (QED) is 0.423. The summed E-state index contributed by atoms with van der Waals surface area (Å²) < 4.78 is 31.6. The van der Waals surface area contributed by atoms with Crippen LogP contribution in [0.2, 0.25) is 0 Å². The molecule has 0 unspecified atom stereocenters. The number of carbonyl (C=O) groups excluding carboxylic acids is 3. The molecule has 8 nitrogen and oxygen atoms in total. The van der Waals surface area contributed by atoms with Crippen LogP contribution in [0.15, 0.2) is 24.3 Å². The van der Waals surface area contributed by atoms with Gasteiger partial charge < -0.3 is 4.84 Å². The van der Waals surface area contributed by atoms with Gasteiger partial charge in [-0.3, -0.25) is 14.1 Å². The normalized spacial score (nSPS) is 19.0. The van der Waals surface area contributed by atoms with Crippen molar-refractivity contribution in [1.82, 2.24) is 5.06 Å². The molecule has 112 valence electrons. The molecule has 10 heteroatoms. The van der Waals surface area contributed by atoms with Gasteiger partial charge in [0, 0.05) is 3.57 Å². The third-order valence-electron chi connectivity index (χ3n) is 2.68. The van der Waals surface area contributed by atoms with Gasteiger partial charge in [-0.1, -0.05) is 0 Å². The Morgan fingerprint density at radius 1 is 1.29 bits per heavy atom. The molecule has 1 aliphatic heterocycles. The van der Waals surface area contributed by atoms with Crippen molar-refractivity contribution in [2.24, 2.45) is 0 Å². The van der Waals surface area contributed by atoms with Crippen LogP contribution in [-0.4, -0.2) is 41.1 Å². The minimum Gasteiger partial charge on any atom is -0.325 e. The second kappa shape index (κ2) is 5.69. The van der Waals surface area contributed by atoms with Crippen LogP contribution >= 0.6 is 22.6 Å². The number of halogens is 1. The molecule has 1 aromatic rings. The van der Waals surface area contributed by atoms with Gasteiger partial charge in [0.2, 0.25) is 0 Å². The van der Waals surface area contributed by atoms with Crippen molar-refractivity contribution in [3.63, 3.8) is 0 Å². The molecular weight excluding hydrogens is 417 g/mol. The maximum Gasteiger partial charge on any atom is 0.363 e. The highest BCUT2D eigenvalue weighted by atomic mass is 127. The number of hydroxylamine groups is 2. The van der Waals surface area contributed by atoms with Crippen molar-refractivity contribution >= 4 is 50.5 Å². The molecule has 2 amide bonds. The summed E-state index contributed by atoms with van der Waals surface area (Å²) in [4.78, 5) is 39.6. The van der Waals surface area contributed by atoms with Crippen LogP contribution in [-0.2, 0) is 24.5 Å². The summed E-state index contributed by atoms with van der Waals surface area (Å²) in [5, 5.41) is -1.87. The van der Waals surface area contributed by atoms with Crippen LogP contribution < -0.4 is 0 Å². The first-order chi connectivity index (χ1) is 9.70. The summed E-state index contributed by atoms with van der Waals surface area (Å²) in [5.74, 6) is -3.29. The van der Waals surface area contributed by atoms with E-state index in [1.807, 2.05) is 22.6 Å². The van der Waals surface area contributed by atoms with Crippen LogP contribution in [0, 0.1) is 3.57 Å². The molecule has 0 aromatic heterocycles. The molecule has 1 fully saturated rings. The van der Waals surface area contributed by atoms with E-state index in [2.05, 4.69) is 4.84 Å². The van der Waals surface area contributed by atoms with E-state index in [4.69, 9.17) is 4.55 Å². The minimum atomic E-state index is -4.73. The zero-order valence-electron chi connectivity index (χ0n) is 10.2. The minimum absolute atomic E-state index is 0.0682. The number of hydrogen-bond acceptors (Lipinski definition) is 6. The Morgan fingerprint density at radius 3 is 2.33 bits per heavy atom. The Bertz CT molecular complexity index is 713. The van der Waals surface area contributed by atoms with Gasteiger partial charge in [0.05, 0.1) is 12.0 Å². The maximum atomic E-state index is 11.8. The van der Waals surface area contributed by atoms with E-state index in [1.165, 1.54) is 12.1 Å². The standard InChI is InChI=1S/C11H8INO7S/c12-7-3-1-6(2-4-7)11(16)20-13-9(14)5-8(10(13)15)21(17,18)19/h1-4,8H,5H2,(H,17,18,19)/t8-/m0/s1. The molecule has 21 heavy (non-hydrogen) atoms. The predicted octanol–water partition coefficient (Wildman–Crippen LogP) is 0.378. The molecule has 0 saturated carbocycles. The molecule has 1 saturated heterocycles. The molecule has 2 rings (SSSR count). The monoisotopic (exact) mass is 425 g/mol. The SMILES string of the molecule is O=C(ON1C(=O)C[C@H](S(=O)(=O)O)C1=O)c1ccc(I)cc1. The van der Waals surface area contributed by atoms with E-state index in [0.29, 0.717) is 0 Å². The molecule has 1 heterocycles. The van der Waals surface area contributed by atoms with Crippen LogP contribution in [0.25, 0.3) is 0 Å². The molecule has 0 aliphatic carbocycles. The average molecular weight is 425 g/mol. The molecular formula is C11H8INO7S. The summed E-state index contributed by atoms with van der Waals surface area (Å²) in [5.41, 5.74) is 0.0892. The van der Waals surface area contributed by atoms with Crippen molar-refractivity contribution in [3.8, 4) is 0 Å². The molecule has 1 aromatic carbocycles. The second-order valence-electron chi connectivity index (χ2n) is 4.12. The highest BCUT2D eigenvalue weighted by Crippen LogP contribution is 2.20. The zero-order valence-corrected chi connectivity index (χ0v) is 13.2. The molecule has 0 spiro atoms. The van der Waals surface area contributed by atoms with Gasteiger partial charge in [0.25, 0.3) is 21.9 Å². The van der Waals surface area contributed by atoms with E-state index in [-0.39, 0.29) is 10.6 Å². The average Bonchev–Trinajstić information content (AvgIpc) is 2.67.